The van der Waals surface area contributed by atoms with Gasteiger partial charge in [0, 0.05) is 42.6 Å². The van der Waals surface area contributed by atoms with Crippen LogP contribution in [0, 0.1) is 5.82 Å². The third kappa shape index (κ3) is 4.22. The third-order valence-corrected chi connectivity index (χ3v) is 6.94. The average molecular weight is 452 g/mol. The maximum Gasteiger partial charge on any atom is 0.244 e. The van der Waals surface area contributed by atoms with Crippen LogP contribution >= 0.6 is 0 Å². The van der Waals surface area contributed by atoms with Crippen molar-refractivity contribution in [1.29, 1.82) is 0 Å². The second-order valence-corrected chi connectivity index (χ2v) is 9.50. The lowest BCUT2D eigenvalue weighted by molar-refractivity contribution is -0.116. The van der Waals surface area contributed by atoms with E-state index in [9.17, 15) is 17.6 Å². The lowest BCUT2D eigenvalue weighted by Crippen LogP contribution is -2.18. The summed E-state index contributed by atoms with van der Waals surface area (Å²) in [4.78, 5) is 14.7. The highest BCUT2D eigenvalue weighted by Crippen LogP contribution is 2.30. The third-order valence-electron chi connectivity index (χ3n) is 5.15. The Hall–Kier alpha value is -3.65. The minimum atomic E-state index is -3.89. The molecular formula is C24H22FN3O3S. The first-order chi connectivity index (χ1) is 15.3. The van der Waals surface area contributed by atoms with E-state index < -0.39 is 15.7 Å². The van der Waals surface area contributed by atoms with Crippen molar-refractivity contribution in [2.24, 2.45) is 0 Å². The second-order valence-electron chi connectivity index (χ2n) is 7.59. The first-order valence-electron chi connectivity index (χ1n) is 9.91. The molecule has 1 aromatic heterocycles. The Bertz CT molecular complexity index is 1380. The number of nitrogens with zero attached hydrogens (tertiary/aromatic N) is 2. The standard InChI is InChI=1S/C24H22FN3O3S/c1-27(2)19-11-9-18(10-12-19)26-24(29)16-28-15-23(21-5-3-4-6-22(21)28)32(30,31)20-13-7-17(25)8-14-20/h3-15H,16H2,1-2H3,(H,26,29). The summed E-state index contributed by atoms with van der Waals surface area (Å²) in [5, 5.41) is 3.34. The van der Waals surface area contributed by atoms with Crippen LogP contribution in [0.1, 0.15) is 0 Å². The molecule has 3 aromatic carbocycles. The number of halogens is 1. The lowest BCUT2D eigenvalue weighted by atomic mass is 10.2. The topological polar surface area (TPSA) is 71.4 Å². The number of benzene rings is 3. The summed E-state index contributed by atoms with van der Waals surface area (Å²) in [5.74, 6) is -0.796. The predicted octanol–water partition coefficient (Wildman–Crippen LogP) is 4.32. The summed E-state index contributed by atoms with van der Waals surface area (Å²) >= 11 is 0. The second kappa shape index (κ2) is 8.47. The van der Waals surface area contributed by atoms with E-state index in [1.54, 1.807) is 28.8 Å². The minimum Gasteiger partial charge on any atom is -0.378 e. The number of carbonyl (C=O) groups is 1. The Kier molecular flexibility index (Phi) is 5.71. The highest BCUT2D eigenvalue weighted by atomic mass is 32.2. The molecule has 164 valence electrons. The van der Waals surface area contributed by atoms with E-state index in [4.69, 9.17) is 0 Å². The summed E-state index contributed by atoms with van der Waals surface area (Å²) in [6.45, 7) is -0.0606. The van der Waals surface area contributed by atoms with Gasteiger partial charge in [0.1, 0.15) is 12.4 Å². The monoisotopic (exact) mass is 451 g/mol. The molecule has 0 atom stereocenters. The molecule has 4 aromatic rings. The number of nitrogens with one attached hydrogen (secondary N) is 1. The normalized spacial score (nSPS) is 11.5. The van der Waals surface area contributed by atoms with E-state index in [1.165, 1.54) is 18.3 Å². The molecule has 0 aliphatic rings. The van der Waals surface area contributed by atoms with Crippen molar-refractivity contribution in [3.8, 4) is 0 Å². The van der Waals surface area contributed by atoms with Crippen molar-refractivity contribution in [2.75, 3.05) is 24.3 Å². The number of aromatic nitrogens is 1. The Labute approximate surface area is 185 Å². The van der Waals surface area contributed by atoms with E-state index in [-0.39, 0.29) is 22.2 Å². The van der Waals surface area contributed by atoms with Crippen LogP contribution < -0.4 is 10.2 Å². The van der Waals surface area contributed by atoms with Crippen molar-refractivity contribution in [3.05, 3.63) is 84.8 Å². The lowest BCUT2D eigenvalue weighted by Gasteiger charge is -2.13. The zero-order valence-corrected chi connectivity index (χ0v) is 18.4. The molecule has 1 amide bonds. The van der Waals surface area contributed by atoms with Gasteiger partial charge in [-0.3, -0.25) is 4.79 Å². The Morgan fingerprint density at radius 1 is 0.969 bits per heavy atom. The molecule has 0 aliphatic carbocycles. The number of para-hydroxylation sites is 1. The molecule has 0 fully saturated rings. The fraction of sp³-hybridized carbons (Fsp3) is 0.125. The summed E-state index contributed by atoms with van der Waals surface area (Å²) in [5.41, 5.74) is 2.28. The van der Waals surface area contributed by atoms with Crippen LogP contribution in [0.15, 0.2) is 88.8 Å². The van der Waals surface area contributed by atoms with Crippen LogP contribution in [0.3, 0.4) is 0 Å². The van der Waals surface area contributed by atoms with Crippen LogP contribution in [0.2, 0.25) is 0 Å². The van der Waals surface area contributed by atoms with Gasteiger partial charge in [0.25, 0.3) is 0 Å². The van der Waals surface area contributed by atoms with Crippen LogP contribution in [0.5, 0.6) is 0 Å². The van der Waals surface area contributed by atoms with Crippen LogP contribution in [-0.4, -0.2) is 33.0 Å². The maximum atomic E-state index is 13.3. The zero-order chi connectivity index (χ0) is 22.9. The zero-order valence-electron chi connectivity index (χ0n) is 17.6. The van der Waals surface area contributed by atoms with Gasteiger partial charge in [-0.05, 0) is 54.6 Å². The van der Waals surface area contributed by atoms with Crippen molar-refractivity contribution >= 4 is 38.0 Å². The Morgan fingerprint density at radius 2 is 1.62 bits per heavy atom. The first kappa shape index (κ1) is 21.6. The smallest absolute Gasteiger partial charge is 0.244 e. The molecule has 4 rings (SSSR count). The number of anilines is 2. The molecule has 0 aliphatic heterocycles. The van der Waals surface area contributed by atoms with Crippen LogP contribution in [0.4, 0.5) is 15.8 Å². The summed E-state index contributed by atoms with van der Waals surface area (Å²) in [6, 6.07) is 19.1. The van der Waals surface area contributed by atoms with Gasteiger partial charge in [0.05, 0.1) is 9.79 Å². The molecule has 1 heterocycles. The average Bonchev–Trinajstić information content (AvgIpc) is 3.13. The van der Waals surface area contributed by atoms with E-state index in [0.717, 1.165) is 17.8 Å². The molecule has 0 saturated heterocycles. The fourth-order valence-electron chi connectivity index (χ4n) is 3.50. The largest absolute Gasteiger partial charge is 0.378 e. The highest BCUT2D eigenvalue weighted by molar-refractivity contribution is 7.91. The van der Waals surface area contributed by atoms with Crippen molar-refractivity contribution in [2.45, 2.75) is 16.3 Å². The van der Waals surface area contributed by atoms with Gasteiger partial charge >= 0.3 is 0 Å². The molecule has 6 nitrogen and oxygen atoms in total. The molecule has 0 saturated carbocycles. The highest BCUT2D eigenvalue weighted by Gasteiger charge is 2.24. The van der Waals surface area contributed by atoms with E-state index in [0.29, 0.717) is 16.6 Å². The molecule has 0 spiro atoms. The number of amides is 1. The van der Waals surface area contributed by atoms with Gasteiger partial charge in [0.2, 0.25) is 15.7 Å². The molecular weight excluding hydrogens is 429 g/mol. The number of sulfone groups is 1. The Morgan fingerprint density at radius 3 is 2.28 bits per heavy atom. The predicted molar refractivity (Wildman–Crippen MR) is 123 cm³/mol. The van der Waals surface area contributed by atoms with Crippen molar-refractivity contribution in [1.82, 2.24) is 4.57 Å². The number of hydrogen-bond donors (Lipinski definition) is 1. The molecule has 0 bridgehead atoms. The minimum absolute atomic E-state index is 0.00719. The molecule has 0 radical (unpaired) electrons. The fourth-order valence-corrected chi connectivity index (χ4v) is 4.97. The SMILES string of the molecule is CN(C)c1ccc(NC(=O)Cn2cc(S(=O)(=O)c3ccc(F)cc3)c3ccccc32)cc1. The molecule has 32 heavy (non-hydrogen) atoms. The van der Waals surface area contributed by atoms with Crippen LogP contribution in [0.25, 0.3) is 10.9 Å². The van der Waals surface area contributed by atoms with Gasteiger partial charge in [-0.2, -0.15) is 0 Å². The van der Waals surface area contributed by atoms with Crippen molar-refractivity contribution in [3.63, 3.8) is 0 Å². The Balaban J connectivity index is 1.64. The van der Waals surface area contributed by atoms with E-state index >= 15 is 0 Å². The van der Waals surface area contributed by atoms with Gasteiger partial charge in [0.15, 0.2) is 0 Å². The van der Waals surface area contributed by atoms with Gasteiger partial charge in [-0.25, -0.2) is 12.8 Å². The maximum absolute atomic E-state index is 13.3. The quantitative estimate of drug-likeness (QED) is 0.443. The number of rotatable bonds is 6. The molecule has 1 N–H and O–H groups in total. The van der Waals surface area contributed by atoms with Gasteiger partial charge in [-0.1, -0.05) is 18.2 Å². The number of carbonyl (C=O) groups excluding carboxylic acids is 1. The first-order valence-corrected chi connectivity index (χ1v) is 11.4. The summed E-state index contributed by atoms with van der Waals surface area (Å²) < 4.78 is 41.3. The summed E-state index contributed by atoms with van der Waals surface area (Å²) in [6.07, 6.45) is 1.46. The van der Waals surface area contributed by atoms with Crippen molar-refractivity contribution < 1.29 is 17.6 Å². The number of fused-ring (bicyclic) bond motifs is 1. The van der Waals surface area contributed by atoms with E-state index in [2.05, 4.69) is 5.32 Å². The molecule has 8 heteroatoms. The molecule has 0 unspecified atom stereocenters. The van der Waals surface area contributed by atoms with Crippen LogP contribution in [-0.2, 0) is 21.2 Å². The van der Waals surface area contributed by atoms with Gasteiger partial charge in [-0.15, -0.1) is 0 Å². The van der Waals surface area contributed by atoms with Gasteiger partial charge < -0.3 is 14.8 Å². The number of hydrogen-bond acceptors (Lipinski definition) is 4. The van der Waals surface area contributed by atoms with E-state index in [1.807, 2.05) is 43.3 Å². The summed E-state index contributed by atoms with van der Waals surface area (Å²) in [7, 11) is -0.0273.